The lowest BCUT2D eigenvalue weighted by Crippen LogP contribution is -2.43. The Bertz CT molecular complexity index is 300. The fourth-order valence-electron chi connectivity index (χ4n) is 1.38. The van der Waals surface area contributed by atoms with E-state index >= 15 is 0 Å². The molecule has 1 aromatic heterocycles. The Morgan fingerprint density at radius 2 is 2.12 bits per heavy atom. The van der Waals surface area contributed by atoms with E-state index in [4.69, 9.17) is 17.0 Å². The van der Waals surface area contributed by atoms with Crippen molar-refractivity contribution < 1.29 is 4.74 Å². The fourth-order valence-corrected chi connectivity index (χ4v) is 1.69. The van der Waals surface area contributed by atoms with Gasteiger partial charge in [-0.3, -0.25) is 0 Å². The van der Waals surface area contributed by atoms with Crippen LogP contribution in [0.25, 0.3) is 0 Å². The van der Waals surface area contributed by atoms with Gasteiger partial charge in [-0.05, 0) is 31.3 Å². The Kier molecular flexibility index (Phi) is 5.88. The zero-order chi connectivity index (χ0) is 11.8. The molecular weight excluding hydrogens is 222 g/mol. The summed E-state index contributed by atoms with van der Waals surface area (Å²) in [6.45, 7) is 4.41. The number of ether oxygens (including phenoxy) is 1. The normalized spacial score (nSPS) is 12.1. The van der Waals surface area contributed by atoms with Crippen LogP contribution in [0.1, 0.15) is 6.92 Å². The predicted octanol–water partition coefficient (Wildman–Crippen LogP) is 0.987. The van der Waals surface area contributed by atoms with E-state index in [1.54, 1.807) is 7.11 Å². The van der Waals surface area contributed by atoms with Crippen LogP contribution in [0, 0.1) is 0 Å². The van der Waals surface area contributed by atoms with Crippen LogP contribution in [0.4, 0.5) is 0 Å². The van der Waals surface area contributed by atoms with Gasteiger partial charge < -0.3 is 19.9 Å². The van der Waals surface area contributed by atoms with E-state index in [0.717, 1.165) is 13.1 Å². The molecule has 0 saturated carbocycles. The van der Waals surface area contributed by atoms with Crippen molar-refractivity contribution in [3.8, 4) is 0 Å². The summed E-state index contributed by atoms with van der Waals surface area (Å²) in [7, 11) is 1.68. The highest BCUT2D eigenvalue weighted by Crippen LogP contribution is 1.88. The van der Waals surface area contributed by atoms with Crippen LogP contribution < -0.4 is 10.6 Å². The molecule has 0 aliphatic rings. The highest BCUT2D eigenvalue weighted by atomic mass is 32.1. The third-order valence-corrected chi connectivity index (χ3v) is 2.38. The molecule has 0 amide bonds. The van der Waals surface area contributed by atoms with E-state index in [-0.39, 0.29) is 6.04 Å². The number of aromatic nitrogens is 1. The van der Waals surface area contributed by atoms with Gasteiger partial charge in [0.25, 0.3) is 0 Å². The summed E-state index contributed by atoms with van der Waals surface area (Å²) in [4.78, 5) is 0. The molecule has 0 spiro atoms. The van der Waals surface area contributed by atoms with Crippen LogP contribution >= 0.6 is 12.2 Å². The smallest absolute Gasteiger partial charge is 0.166 e. The second kappa shape index (κ2) is 7.24. The van der Waals surface area contributed by atoms with Gasteiger partial charge in [-0.15, -0.1) is 0 Å². The standard InChI is InChI=1S/C11H19N3OS/c1-10(9-15-2)13-11(16)12-5-8-14-6-3-4-7-14/h3-4,6-7,10H,5,8-9H2,1-2H3,(H2,12,13,16). The van der Waals surface area contributed by atoms with E-state index in [0.29, 0.717) is 11.7 Å². The van der Waals surface area contributed by atoms with Crippen molar-refractivity contribution in [1.82, 2.24) is 15.2 Å². The minimum atomic E-state index is 0.233. The molecule has 0 fully saturated rings. The average molecular weight is 241 g/mol. The first kappa shape index (κ1) is 13.0. The summed E-state index contributed by atoms with van der Waals surface area (Å²) in [6.07, 6.45) is 4.07. The van der Waals surface area contributed by atoms with Crippen molar-refractivity contribution in [2.75, 3.05) is 20.3 Å². The summed E-state index contributed by atoms with van der Waals surface area (Å²) in [5, 5.41) is 6.98. The van der Waals surface area contributed by atoms with Crippen LogP contribution in [-0.2, 0) is 11.3 Å². The molecule has 2 N–H and O–H groups in total. The maximum atomic E-state index is 5.15. The number of thiocarbonyl (C=S) groups is 1. The second-order valence-electron chi connectivity index (χ2n) is 3.68. The first-order valence-corrected chi connectivity index (χ1v) is 5.77. The minimum absolute atomic E-state index is 0.233. The zero-order valence-electron chi connectivity index (χ0n) is 9.77. The van der Waals surface area contributed by atoms with E-state index in [1.807, 2.05) is 31.5 Å². The maximum Gasteiger partial charge on any atom is 0.166 e. The average Bonchev–Trinajstić information content (AvgIpc) is 2.70. The molecule has 0 bridgehead atoms. The van der Waals surface area contributed by atoms with Crippen molar-refractivity contribution in [3.63, 3.8) is 0 Å². The van der Waals surface area contributed by atoms with Gasteiger partial charge in [0.2, 0.25) is 0 Å². The number of nitrogens with one attached hydrogen (secondary N) is 2. The molecule has 0 aliphatic carbocycles. The number of hydrogen-bond donors (Lipinski definition) is 2. The Morgan fingerprint density at radius 1 is 1.44 bits per heavy atom. The summed E-state index contributed by atoms with van der Waals surface area (Å²) < 4.78 is 7.12. The molecule has 0 aliphatic heterocycles. The highest BCUT2D eigenvalue weighted by molar-refractivity contribution is 7.80. The molecule has 1 rings (SSSR count). The van der Waals surface area contributed by atoms with Crippen molar-refractivity contribution in [2.45, 2.75) is 19.5 Å². The van der Waals surface area contributed by atoms with Crippen LogP contribution in [0.5, 0.6) is 0 Å². The maximum absolute atomic E-state index is 5.15. The van der Waals surface area contributed by atoms with E-state index in [1.165, 1.54) is 0 Å². The van der Waals surface area contributed by atoms with Gasteiger partial charge in [-0.25, -0.2) is 0 Å². The fraction of sp³-hybridized carbons (Fsp3) is 0.545. The first-order valence-electron chi connectivity index (χ1n) is 5.36. The summed E-state index contributed by atoms with van der Waals surface area (Å²) in [5.41, 5.74) is 0. The minimum Gasteiger partial charge on any atom is -0.383 e. The molecule has 1 atom stereocenters. The lowest BCUT2D eigenvalue weighted by molar-refractivity contribution is 0.179. The highest BCUT2D eigenvalue weighted by Gasteiger charge is 2.02. The number of hydrogen-bond acceptors (Lipinski definition) is 2. The van der Waals surface area contributed by atoms with Gasteiger partial charge in [-0.1, -0.05) is 0 Å². The Balaban J connectivity index is 2.10. The predicted molar refractivity (Wildman–Crippen MR) is 69.5 cm³/mol. The van der Waals surface area contributed by atoms with Crippen molar-refractivity contribution >= 4 is 17.3 Å². The van der Waals surface area contributed by atoms with Crippen molar-refractivity contribution in [1.29, 1.82) is 0 Å². The van der Waals surface area contributed by atoms with E-state index < -0.39 is 0 Å². The lowest BCUT2D eigenvalue weighted by atomic mass is 10.4. The van der Waals surface area contributed by atoms with Gasteiger partial charge in [-0.2, -0.15) is 0 Å². The van der Waals surface area contributed by atoms with Gasteiger partial charge >= 0.3 is 0 Å². The molecule has 4 nitrogen and oxygen atoms in total. The molecule has 16 heavy (non-hydrogen) atoms. The Labute approximate surface area is 102 Å². The van der Waals surface area contributed by atoms with Crippen LogP contribution in [0.3, 0.4) is 0 Å². The number of nitrogens with zero attached hydrogens (tertiary/aromatic N) is 1. The van der Waals surface area contributed by atoms with Crippen LogP contribution in [0.2, 0.25) is 0 Å². The van der Waals surface area contributed by atoms with Gasteiger partial charge in [0.05, 0.1) is 6.61 Å². The molecule has 1 heterocycles. The Hall–Kier alpha value is -1.07. The van der Waals surface area contributed by atoms with E-state index in [2.05, 4.69) is 15.2 Å². The largest absolute Gasteiger partial charge is 0.383 e. The van der Waals surface area contributed by atoms with Gasteiger partial charge in [0.15, 0.2) is 5.11 Å². The molecule has 90 valence electrons. The molecule has 1 unspecified atom stereocenters. The Morgan fingerprint density at radius 3 is 2.75 bits per heavy atom. The third kappa shape index (κ3) is 5.14. The molecule has 1 aromatic rings. The molecule has 0 radical (unpaired) electrons. The molecule has 0 saturated heterocycles. The third-order valence-electron chi connectivity index (χ3n) is 2.12. The van der Waals surface area contributed by atoms with Crippen molar-refractivity contribution in [2.24, 2.45) is 0 Å². The molecule has 5 heteroatoms. The van der Waals surface area contributed by atoms with Gasteiger partial charge in [0, 0.05) is 38.6 Å². The SMILES string of the molecule is COCC(C)NC(=S)NCCn1cccc1. The zero-order valence-corrected chi connectivity index (χ0v) is 10.6. The molecular formula is C11H19N3OS. The van der Waals surface area contributed by atoms with Crippen molar-refractivity contribution in [3.05, 3.63) is 24.5 Å². The lowest BCUT2D eigenvalue weighted by Gasteiger charge is -2.16. The first-order chi connectivity index (χ1) is 7.72. The summed E-state index contributed by atoms with van der Waals surface area (Å²) >= 11 is 5.15. The number of methoxy groups -OCH3 is 1. The summed E-state index contributed by atoms with van der Waals surface area (Å²) in [5.74, 6) is 0. The molecule has 0 aromatic carbocycles. The van der Waals surface area contributed by atoms with Gasteiger partial charge in [0.1, 0.15) is 0 Å². The quantitative estimate of drug-likeness (QED) is 0.728. The topological polar surface area (TPSA) is 38.2 Å². The van der Waals surface area contributed by atoms with Crippen LogP contribution in [-0.4, -0.2) is 36.0 Å². The number of rotatable bonds is 6. The van der Waals surface area contributed by atoms with Crippen LogP contribution in [0.15, 0.2) is 24.5 Å². The monoisotopic (exact) mass is 241 g/mol. The van der Waals surface area contributed by atoms with E-state index in [9.17, 15) is 0 Å². The second-order valence-corrected chi connectivity index (χ2v) is 4.09. The summed E-state index contributed by atoms with van der Waals surface area (Å²) in [6, 6.07) is 4.26.